The predicted molar refractivity (Wildman–Crippen MR) is 105 cm³/mol. The van der Waals surface area contributed by atoms with E-state index in [0.29, 0.717) is 0 Å². The quantitative estimate of drug-likeness (QED) is 0.896. The highest BCUT2D eigenvalue weighted by atomic mass is 16.6. The molecule has 3 rings (SSSR count). The molecule has 2 heterocycles. The molecule has 0 bridgehead atoms. The van der Waals surface area contributed by atoms with Crippen molar-refractivity contribution < 1.29 is 9.53 Å². The van der Waals surface area contributed by atoms with Crippen LogP contribution in [0.15, 0.2) is 36.5 Å². The Labute approximate surface area is 161 Å². The third-order valence-electron chi connectivity index (χ3n) is 4.34. The first kappa shape index (κ1) is 19.3. The fourth-order valence-corrected chi connectivity index (χ4v) is 3.20. The number of hydrogen-bond donors (Lipinski definition) is 1. The van der Waals surface area contributed by atoms with Gasteiger partial charge in [-0.1, -0.05) is 30.3 Å². The standard InChI is InChI=1S/C21H28N4O2/c1-15(23-20(26)27-21(2,3)4)13-25-11-10-18-17(14-25)12-22-19(24-18)16-8-6-5-7-9-16/h5-9,12,15H,10-11,13-14H2,1-4H3,(H,23,26). The fraction of sp³-hybridized carbons (Fsp3) is 0.476. The third-order valence-corrected chi connectivity index (χ3v) is 4.34. The topological polar surface area (TPSA) is 67.4 Å². The average Bonchev–Trinajstić information content (AvgIpc) is 2.60. The van der Waals surface area contributed by atoms with Gasteiger partial charge in [-0.15, -0.1) is 0 Å². The predicted octanol–water partition coefficient (Wildman–Crippen LogP) is 3.41. The zero-order valence-electron chi connectivity index (χ0n) is 16.5. The lowest BCUT2D eigenvalue weighted by Crippen LogP contribution is -2.45. The molecular formula is C21H28N4O2. The van der Waals surface area contributed by atoms with Gasteiger partial charge >= 0.3 is 6.09 Å². The number of benzene rings is 1. The van der Waals surface area contributed by atoms with Crippen LogP contribution in [0.25, 0.3) is 11.4 Å². The van der Waals surface area contributed by atoms with Crippen LogP contribution in [0.4, 0.5) is 4.79 Å². The molecule has 0 radical (unpaired) electrons. The minimum absolute atomic E-state index is 0.00547. The van der Waals surface area contributed by atoms with E-state index in [1.807, 2.05) is 64.2 Å². The van der Waals surface area contributed by atoms with Gasteiger partial charge in [-0.3, -0.25) is 4.90 Å². The number of ether oxygens (including phenoxy) is 1. The van der Waals surface area contributed by atoms with Crippen LogP contribution in [0, 0.1) is 0 Å². The van der Waals surface area contributed by atoms with Crippen molar-refractivity contribution in [2.45, 2.75) is 52.3 Å². The van der Waals surface area contributed by atoms with E-state index in [-0.39, 0.29) is 12.1 Å². The molecule has 0 fully saturated rings. The molecule has 1 aliphatic rings. The molecule has 6 nitrogen and oxygen atoms in total. The second-order valence-electron chi connectivity index (χ2n) is 8.06. The molecule has 1 aromatic carbocycles. The van der Waals surface area contributed by atoms with Crippen LogP contribution in [-0.4, -0.2) is 45.7 Å². The highest BCUT2D eigenvalue weighted by molar-refractivity contribution is 5.68. The van der Waals surface area contributed by atoms with Crippen molar-refractivity contribution in [2.24, 2.45) is 0 Å². The van der Waals surface area contributed by atoms with Crippen molar-refractivity contribution in [1.82, 2.24) is 20.2 Å². The second-order valence-corrected chi connectivity index (χ2v) is 8.06. The lowest BCUT2D eigenvalue weighted by Gasteiger charge is -2.30. The average molecular weight is 368 g/mol. The first-order chi connectivity index (χ1) is 12.8. The number of nitrogens with one attached hydrogen (secondary N) is 1. The molecule has 1 atom stereocenters. The number of amides is 1. The van der Waals surface area contributed by atoms with Gasteiger partial charge in [-0.2, -0.15) is 0 Å². The highest BCUT2D eigenvalue weighted by Gasteiger charge is 2.22. The van der Waals surface area contributed by atoms with Crippen molar-refractivity contribution in [2.75, 3.05) is 13.1 Å². The summed E-state index contributed by atoms with van der Waals surface area (Å²) in [4.78, 5) is 23.5. The van der Waals surface area contributed by atoms with E-state index in [4.69, 9.17) is 9.72 Å². The Morgan fingerprint density at radius 3 is 2.74 bits per heavy atom. The molecular weight excluding hydrogens is 340 g/mol. The number of carbonyl (C=O) groups excluding carboxylic acids is 1. The first-order valence-electron chi connectivity index (χ1n) is 9.42. The minimum atomic E-state index is -0.484. The van der Waals surface area contributed by atoms with Gasteiger partial charge < -0.3 is 10.1 Å². The molecule has 1 amide bonds. The van der Waals surface area contributed by atoms with E-state index < -0.39 is 5.60 Å². The van der Waals surface area contributed by atoms with Gasteiger partial charge in [-0.25, -0.2) is 14.8 Å². The lowest BCUT2D eigenvalue weighted by atomic mass is 10.1. The largest absolute Gasteiger partial charge is 0.444 e. The molecule has 0 saturated heterocycles. The molecule has 2 aromatic rings. The Hall–Kier alpha value is -2.47. The second kappa shape index (κ2) is 8.05. The van der Waals surface area contributed by atoms with Crippen molar-refractivity contribution >= 4 is 6.09 Å². The van der Waals surface area contributed by atoms with Crippen LogP contribution in [0.5, 0.6) is 0 Å². The van der Waals surface area contributed by atoms with Crippen LogP contribution in [0.3, 0.4) is 0 Å². The minimum Gasteiger partial charge on any atom is -0.444 e. The SMILES string of the molecule is CC(CN1CCc2nc(-c3ccccc3)ncc2C1)NC(=O)OC(C)(C)C. The zero-order valence-corrected chi connectivity index (χ0v) is 16.5. The summed E-state index contributed by atoms with van der Waals surface area (Å²) >= 11 is 0. The van der Waals surface area contributed by atoms with Gasteiger partial charge in [0.25, 0.3) is 0 Å². The number of nitrogens with zero attached hydrogens (tertiary/aromatic N) is 3. The maximum atomic E-state index is 11.9. The third kappa shape index (κ3) is 5.50. The Balaban J connectivity index is 1.58. The number of hydrogen-bond acceptors (Lipinski definition) is 5. The number of alkyl carbamates (subject to hydrolysis) is 1. The summed E-state index contributed by atoms with van der Waals surface area (Å²) in [7, 11) is 0. The molecule has 1 unspecified atom stereocenters. The van der Waals surface area contributed by atoms with Gasteiger partial charge in [0, 0.05) is 49.4 Å². The van der Waals surface area contributed by atoms with Crippen LogP contribution in [0.2, 0.25) is 0 Å². The van der Waals surface area contributed by atoms with Crippen LogP contribution in [0.1, 0.15) is 39.0 Å². The Morgan fingerprint density at radius 1 is 1.30 bits per heavy atom. The van der Waals surface area contributed by atoms with Gasteiger partial charge in [-0.05, 0) is 27.7 Å². The van der Waals surface area contributed by atoms with Crippen molar-refractivity contribution in [1.29, 1.82) is 0 Å². The van der Waals surface area contributed by atoms with Gasteiger partial charge in [0.1, 0.15) is 5.60 Å². The van der Waals surface area contributed by atoms with E-state index in [1.54, 1.807) is 0 Å². The maximum absolute atomic E-state index is 11.9. The summed E-state index contributed by atoms with van der Waals surface area (Å²) in [5, 5.41) is 2.90. The number of fused-ring (bicyclic) bond motifs is 1. The van der Waals surface area contributed by atoms with Gasteiger partial charge in [0.15, 0.2) is 5.82 Å². The molecule has 0 spiro atoms. The summed E-state index contributed by atoms with van der Waals surface area (Å²) in [6.07, 6.45) is 2.45. The van der Waals surface area contributed by atoms with Crippen LogP contribution < -0.4 is 5.32 Å². The summed E-state index contributed by atoms with van der Waals surface area (Å²) in [5.74, 6) is 0.780. The highest BCUT2D eigenvalue weighted by Crippen LogP contribution is 2.21. The summed E-state index contributed by atoms with van der Waals surface area (Å²) in [5.41, 5.74) is 2.83. The van der Waals surface area contributed by atoms with Crippen LogP contribution in [-0.2, 0) is 17.7 Å². The number of rotatable bonds is 4. The van der Waals surface area contributed by atoms with Gasteiger partial charge in [0.05, 0.1) is 5.69 Å². The van der Waals surface area contributed by atoms with E-state index in [1.165, 1.54) is 0 Å². The van der Waals surface area contributed by atoms with Crippen molar-refractivity contribution in [3.05, 3.63) is 47.8 Å². The van der Waals surface area contributed by atoms with Crippen molar-refractivity contribution in [3.8, 4) is 11.4 Å². The zero-order chi connectivity index (χ0) is 19.4. The van der Waals surface area contributed by atoms with E-state index in [0.717, 1.165) is 48.7 Å². The number of carbonyl (C=O) groups is 1. The van der Waals surface area contributed by atoms with E-state index in [9.17, 15) is 4.79 Å². The summed E-state index contributed by atoms with van der Waals surface area (Å²) < 4.78 is 5.32. The maximum Gasteiger partial charge on any atom is 0.407 e. The Kier molecular flexibility index (Phi) is 5.75. The number of aromatic nitrogens is 2. The monoisotopic (exact) mass is 368 g/mol. The van der Waals surface area contributed by atoms with Crippen LogP contribution >= 0.6 is 0 Å². The first-order valence-corrected chi connectivity index (χ1v) is 9.42. The molecule has 144 valence electrons. The molecule has 1 aliphatic heterocycles. The van der Waals surface area contributed by atoms with E-state index >= 15 is 0 Å². The Morgan fingerprint density at radius 2 is 2.04 bits per heavy atom. The molecule has 6 heteroatoms. The smallest absolute Gasteiger partial charge is 0.407 e. The normalized spacial score (nSPS) is 15.7. The molecule has 0 aliphatic carbocycles. The molecule has 27 heavy (non-hydrogen) atoms. The summed E-state index contributed by atoms with van der Waals surface area (Å²) in [6.45, 7) is 10.1. The van der Waals surface area contributed by atoms with E-state index in [2.05, 4.69) is 15.2 Å². The molecule has 0 saturated carbocycles. The summed E-state index contributed by atoms with van der Waals surface area (Å²) in [6, 6.07) is 10.1. The fourth-order valence-electron chi connectivity index (χ4n) is 3.20. The molecule has 1 aromatic heterocycles. The molecule has 1 N–H and O–H groups in total. The Bertz CT molecular complexity index is 787. The van der Waals surface area contributed by atoms with Crippen molar-refractivity contribution in [3.63, 3.8) is 0 Å². The lowest BCUT2D eigenvalue weighted by molar-refractivity contribution is 0.0495. The van der Waals surface area contributed by atoms with Gasteiger partial charge in [0.2, 0.25) is 0 Å².